The zero-order valence-electron chi connectivity index (χ0n) is 14.3. The number of hydrogen-bond acceptors (Lipinski definition) is 7. The molecule has 0 aliphatic carbocycles. The van der Waals surface area contributed by atoms with Gasteiger partial charge in [-0.1, -0.05) is 23.5 Å². The Kier molecular flexibility index (Phi) is 4.28. The summed E-state index contributed by atoms with van der Waals surface area (Å²) in [5, 5.41) is 11.5. The zero-order valence-corrected chi connectivity index (χ0v) is 15.1. The lowest BCUT2D eigenvalue weighted by molar-refractivity contribution is 0.0655. The van der Waals surface area contributed by atoms with Crippen molar-refractivity contribution in [2.45, 2.75) is 13.3 Å². The van der Waals surface area contributed by atoms with Crippen molar-refractivity contribution in [3.63, 3.8) is 0 Å². The van der Waals surface area contributed by atoms with Crippen molar-refractivity contribution in [2.24, 2.45) is 0 Å². The van der Waals surface area contributed by atoms with Crippen LogP contribution in [0.5, 0.6) is 0 Å². The molecule has 136 valence electrons. The fourth-order valence-electron chi connectivity index (χ4n) is 2.77. The lowest BCUT2D eigenvalue weighted by atomic mass is 10.1. The Morgan fingerprint density at radius 2 is 1.81 bits per heavy atom. The highest BCUT2D eigenvalue weighted by Crippen LogP contribution is 2.23. The van der Waals surface area contributed by atoms with E-state index in [0.29, 0.717) is 33.4 Å². The highest BCUT2D eigenvalue weighted by molar-refractivity contribution is 7.15. The Bertz CT molecular complexity index is 1020. The minimum atomic E-state index is -0.411. The third kappa shape index (κ3) is 3.24. The van der Waals surface area contributed by atoms with Gasteiger partial charge in [-0.15, -0.1) is 10.2 Å². The van der Waals surface area contributed by atoms with Crippen molar-refractivity contribution < 1.29 is 18.8 Å². The minimum Gasteiger partial charge on any atom is -0.456 e. The number of nitrogens with one attached hydrogen (secondary N) is 1. The van der Waals surface area contributed by atoms with Crippen LogP contribution in [-0.4, -0.2) is 39.4 Å². The molecule has 1 N–H and O–H groups in total. The van der Waals surface area contributed by atoms with Gasteiger partial charge in [-0.3, -0.25) is 24.6 Å². The van der Waals surface area contributed by atoms with Crippen molar-refractivity contribution >= 4 is 34.2 Å². The Morgan fingerprint density at radius 3 is 2.44 bits per heavy atom. The first-order valence-corrected chi connectivity index (χ1v) is 9.00. The van der Waals surface area contributed by atoms with Gasteiger partial charge >= 0.3 is 0 Å². The van der Waals surface area contributed by atoms with Crippen LogP contribution < -0.4 is 5.32 Å². The largest absolute Gasteiger partial charge is 0.456 e. The van der Waals surface area contributed by atoms with E-state index in [9.17, 15) is 14.4 Å². The van der Waals surface area contributed by atoms with Gasteiger partial charge in [0.2, 0.25) is 5.13 Å². The number of rotatable bonds is 5. The molecule has 0 radical (unpaired) electrons. The maximum absolute atomic E-state index is 12.3. The third-order valence-electron chi connectivity index (χ3n) is 4.08. The number of imide groups is 1. The van der Waals surface area contributed by atoms with Gasteiger partial charge in [-0.2, -0.15) is 0 Å². The van der Waals surface area contributed by atoms with Gasteiger partial charge in [-0.25, -0.2) is 0 Å². The van der Waals surface area contributed by atoms with Crippen molar-refractivity contribution in [1.29, 1.82) is 0 Å². The summed E-state index contributed by atoms with van der Waals surface area (Å²) in [7, 11) is 0. The standard InChI is InChI=1S/C18H14N4O4S/c1-10-6-7-13(26-10)15(23)19-18-21-20-14(27-18)8-9-22-16(24)11-4-2-3-5-12(11)17(22)25/h2-7H,8-9H2,1H3,(H,19,21,23). The monoisotopic (exact) mass is 382 g/mol. The number of anilines is 1. The topological polar surface area (TPSA) is 105 Å². The summed E-state index contributed by atoms with van der Waals surface area (Å²) in [6, 6.07) is 10.0. The number of carbonyl (C=O) groups is 3. The van der Waals surface area contributed by atoms with Crippen molar-refractivity contribution in [3.8, 4) is 0 Å². The van der Waals surface area contributed by atoms with Crippen LogP contribution in [0.2, 0.25) is 0 Å². The second-order valence-electron chi connectivity index (χ2n) is 5.92. The lowest BCUT2D eigenvalue weighted by Crippen LogP contribution is -2.31. The van der Waals surface area contributed by atoms with E-state index in [4.69, 9.17) is 4.42 Å². The normalized spacial score (nSPS) is 13.1. The maximum atomic E-state index is 12.3. The summed E-state index contributed by atoms with van der Waals surface area (Å²) in [6.07, 6.45) is 0.360. The Morgan fingerprint density at radius 1 is 1.11 bits per heavy atom. The number of furan rings is 1. The predicted octanol–water partition coefficient (Wildman–Crippen LogP) is 2.53. The van der Waals surface area contributed by atoms with Gasteiger partial charge in [0, 0.05) is 13.0 Å². The third-order valence-corrected chi connectivity index (χ3v) is 4.98. The van der Waals surface area contributed by atoms with E-state index >= 15 is 0 Å². The maximum Gasteiger partial charge on any atom is 0.293 e. The van der Waals surface area contributed by atoms with E-state index in [0.717, 1.165) is 0 Å². The molecule has 27 heavy (non-hydrogen) atoms. The van der Waals surface area contributed by atoms with Gasteiger partial charge in [0.1, 0.15) is 10.8 Å². The van der Waals surface area contributed by atoms with Crippen LogP contribution in [0.15, 0.2) is 40.8 Å². The molecular weight excluding hydrogens is 368 g/mol. The first-order valence-electron chi connectivity index (χ1n) is 8.18. The fourth-order valence-corrected chi connectivity index (χ4v) is 3.49. The van der Waals surface area contributed by atoms with E-state index < -0.39 is 5.91 Å². The highest BCUT2D eigenvalue weighted by Gasteiger charge is 2.34. The van der Waals surface area contributed by atoms with E-state index in [-0.39, 0.29) is 24.1 Å². The molecule has 0 fully saturated rings. The van der Waals surface area contributed by atoms with Crippen LogP contribution in [0.1, 0.15) is 42.0 Å². The molecule has 4 rings (SSSR count). The van der Waals surface area contributed by atoms with Crippen LogP contribution >= 0.6 is 11.3 Å². The Balaban J connectivity index is 1.38. The molecule has 3 amide bonds. The molecule has 0 atom stereocenters. The van der Waals surface area contributed by atoms with Crippen LogP contribution in [0, 0.1) is 6.92 Å². The smallest absolute Gasteiger partial charge is 0.293 e. The number of aryl methyl sites for hydroxylation is 1. The van der Waals surface area contributed by atoms with E-state index in [2.05, 4.69) is 15.5 Å². The van der Waals surface area contributed by atoms with Gasteiger partial charge < -0.3 is 4.42 Å². The summed E-state index contributed by atoms with van der Waals surface area (Å²) < 4.78 is 5.26. The quantitative estimate of drug-likeness (QED) is 0.680. The summed E-state index contributed by atoms with van der Waals surface area (Å²) in [5.74, 6) is -0.191. The van der Waals surface area contributed by atoms with Crippen LogP contribution in [0.25, 0.3) is 0 Å². The fraction of sp³-hybridized carbons (Fsp3) is 0.167. The lowest BCUT2D eigenvalue weighted by Gasteiger charge is -2.11. The van der Waals surface area contributed by atoms with E-state index in [1.54, 1.807) is 43.3 Å². The summed E-state index contributed by atoms with van der Waals surface area (Å²) in [4.78, 5) is 37.9. The molecule has 3 heterocycles. The number of amides is 3. The molecule has 0 unspecified atom stereocenters. The molecule has 1 aromatic carbocycles. The number of nitrogens with zero attached hydrogens (tertiary/aromatic N) is 3. The Labute approximate surface area is 157 Å². The predicted molar refractivity (Wildman–Crippen MR) is 96.8 cm³/mol. The van der Waals surface area contributed by atoms with Crippen molar-refractivity contribution in [3.05, 3.63) is 64.1 Å². The number of hydrogen-bond donors (Lipinski definition) is 1. The number of benzene rings is 1. The molecule has 8 nitrogen and oxygen atoms in total. The molecule has 1 aliphatic rings. The molecule has 3 aromatic rings. The van der Waals surface area contributed by atoms with E-state index in [1.165, 1.54) is 16.2 Å². The first-order chi connectivity index (χ1) is 13.0. The van der Waals surface area contributed by atoms with Crippen molar-refractivity contribution in [2.75, 3.05) is 11.9 Å². The average molecular weight is 382 g/mol. The van der Waals surface area contributed by atoms with Crippen LogP contribution in [0.3, 0.4) is 0 Å². The second kappa shape index (κ2) is 6.76. The summed E-state index contributed by atoms with van der Waals surface area (Å²) in [5.41, 5.74) is 0.836. The summed E-state index contributed by atoms with van der Waals surface area (Å²) in [6.45, 7) is 1.95. The highest BCUT2D eigenvalue weighted by atomic mass is 32.1. The van der Waals surface area contributed by atoms with Gasteiger partial charge in [0.05, 0.1) is 11.1 Å². The summed E-state index contributed by atoms with van der Waals surface area (Å²) >= 11 is 1.19. The van der Waals surface area contributed by atoms with Crippen molar-refractivity contribution in [1.82, 2.24) is 15.1 Å². The molecule has 9 heteroatoms. The van der Waals surface area contributed by atoms with Gasteiger partial charge in [-0.05, 0) is 31.2 Å². The number of carbonyl (C=O) groups excluding carboxylic acids is 3. The zero-order chi connectivity index (χ0) is 19.0. The molecular formula is C18H14N4O4S. The molecule has 1 aliphatic heterocycles. The molecule has 0 spiro atoms. The molecule has 0 saturated heterocycles. The molecule has 2 aromatic heterocycles. The Hall–Kier alpha value is -3.33. The molecule has 0 bridgehead atoms. The van der Waals surface area contributed by atoms with E-state index in [1.807, 2.05) is 0 Å². The number of aromatic nitrogens is 2. The average Bonchev–Trinajstić information content (AvgIpc) is 3.35. The van der Waals surface area contributed by atoms with Gasteiger partial charge in [0.15, 0.2) is 5.76 Å². The second-order valence-corrected chi connectivity index (χ2v) is 6.98. The number of fused-ring (bicyclic) bond motifs is 1. The van der Waals surface area contributed by atoms with Crippen LogP contribution in [0.4, 0.5) is 5.13 Å². The minimum absolute atomic E-state index is 0.190. The van der Waals surface area contributed by atoms with Crippen LogP contribution in [-0.2, 0) is 6.42 Å². The molecule has 0 saturated carbocycles. The van der Waals surface area contributed by atoms with Gasteiger partial charge in [0.25, 0.3) is 17.7 Å². The SMILES string of the molecule is Cc1ccc(C(=O)Nc2nnc(CCN3C(=O)c4ccccc4C3=O)s2)o1. The first kappa shape index (κ1) is 17.1.